The lowest BCUT2D eigenvalue weighted by Gasteiger charge is -2.33. The second kappa shape index (κ2) is 7.97. The Morgan fingerprint density at radius 1 is 0.857 bits per heavy atom. The van der Waals surface area contributed by atoms with E-state index in [1.165, 1.54) is 90.3 Å². The number of nitrogens with one attached hydrogen (secondary N) is 1. The Hall–Kier alpha value is -0.0800. The molecule has 2 heteroatoms. The Balaban J connectivity index is 1.53. The normalized spacial score (nSPS) is 34.3. The number of hydrogen-bond donors (Lipinski definition) is 1. The zero-order valence-electron chi connectivity index (χ0n) is 14.2. The first-order valence-electron chi connectivity index (χ1n) is 9.82. The highest BCUT2D eigenvalue weighted by Crippen LogP contribution is 2.34. The average molecular weight is 293 g/mol. The number of rotatable bonds is 7. The molecular weight excluding hydrogens is 256 g/mol. The van der Waals surface area contributed by atoms with Crippen LogP contribution in [-0.2, 0) is 0 Å². The van der Waals surface area contributed by atoms with E-state index in [9.17, 15) is 0 Å². The second-order valence-electron chi connectivity index (χ2n) is 8.01. The third-order valence-corrected chi connectivity index (χ3v) is 6.08. The van der Waals surface area contributed by atoms with Crippen LogP contribution in [-0.4, -0.2) is 36.6 Å². The summed E-state index contributed by atoms with van der Waals surface area (Å²) in [4.78, 5) is 2.91. The van der Waals surface area contributed by atoms with Gasteiger partial charge in [-0.05, 0) is 63.3 Å². The zero-order valence-corrected chi connectivity index (χ0v) is 14.2. The Morgan fingerprint density at radius 3 is 2.43 bits per heavy atom. The lowest BCUT2D eigenvalue weighted by Crippen LogP contribution is -2.44. The summed E-state index contributed by atoms with van der Waals surface area (Å²) in [6.45, 7) is 6.35. The van der Waals surface area contributed by atoms with E-state index in [-0.39, 0.29) is 0 Å². The monoisotopic (exact) mass is 292 g/mol. The van der Waals surface area contributed by atoms with Gasteiger partial charge in [-0.25, -0.2) is 0 Å². The van der Waals surface area contributed by atoms with Crippen LogP contribution < -0.4 is 5.32 Å². The Labute approximate surface area is 132 Å². The molecule has 0 amide bonds. The van der Waals surface area contributed by atoms with Gasteiger partial charge in [-0.1, -0.05) is 32.6 Å². The van der Waals surface area contributed by atoms with Crippen molar-refractivity contribution < 1.29 is 0 Å². The molecule has 2 nitrogen and oxygen atoms in total. The van der Waals surface area contributed by atoms with E-state index >= 15 is 0 Å². The molecule has 0 bridgehead atoms. The summed E-state index contributed by atoms with van der Waals surface area (Å²) >= 11 is 0. The molecule has 2 saturated carbocycles. The summed E-state index contributed by atoms with van der Waals surface area (Å²) in [6, 6.07) is 1.69. The molecule has 0 spiro atoms. The van der Waals surface area contributed by atoms with E-state index in [2.05, 4.69) is 17.1 Å². The van der Waals surface area contributed by atoms with E-state index < -0.39 is 0 Å². The van der Waals surface area contributed by atoms with Crippen molar-refractivity contribution in [2.75, 3.05) is 19.6 Å². The highest BCUT2D eigenvalue weighted by Gasteiger charge is 2.31. The van der Waals surface area contributed by atoms with Crippen LogP contribution >= 0.6 is 0 Å². The van der Waals surface area contributed by atoms with Gasteiger partial charge in [-0.15, -0.1) is 0 Å². The van der Waals surface area contributed by atoms with Gasteiger partial charge in [0.2, 0.25) is 0 Å². The van der Waals surface area contributed by atoms with Crippen molar-refractivity contribution in [3.63, 3.8) is 0 Å². The van der Waals surface area contributed by atoms with Crippen LogP contribution in [0.4, 0.5) is 0 Å². The van der Waals surface area contributed by atoms with Crippen molar-refractivity contribution >= 4 is 0 Å². The fourth-order valence-corrected chi connectivity index (χ4v) is 4.62. The summed E-state index contributed by atoms with van der Waals surface area (Å²) in [5, 5.41) is 3.72. The standard InChI is InChI=1S/C19H36N2/c1-2-5-16-6-3-8-19(12-11-16)21(14-17-9-10-17)15-18-7-4-13-20-18/h16-20H,2-15H2,1H3. The van der Waals surface area contributed by atoms with E-state index in [1.54, 1.807) is 0 Å². The van der Waals surface area contributed by atoms with E-state index in [0.29, 0.717) is 0 Å². The van der Waals surface area contributed by atoms with Crippen molar-refractivity contribution in [2.45, 2.75) is 89.6 Å². The van der Waals surface area contributed by atoms with Crippen molar-refractivity contribution in [3.05, 3.63) is 0 Å². The minimum atomic E-state index is 0.790. The van der Waals surface area contributed by atoms with Gasteiger partial charge in [0.05, 0.1) is 0 Å². The van der Waals surface area contributed by atoms with Gasteiger partial charge in [0, 0.05) is 25.2 Å². The Kier molecular flexibility index (Phi) is 5.99. The SMILES string of the molecule is CCCC1CCCC(N(CC2CC2)CC2CCCN2)CC1. The summed E-state index contributed by atoms with van der Waals surface area (Å²) in [7, 11) is 0. The average Bonchev–Trinajstić information content (AvgIpc) is 3.20. The molecule has 122 valence electrons. The summed E-state index contributed by atoms with van der Waals surface area (Å²) in [5.41, 5.74) is 0. The van der Waals surface area contributed by atoms with E-state index in [0.717, 1.165) is 23.9 Å². The second-order valence-corrected chi connectivity index (χ2v) is 8.01. The first-order valence-corrected chi connectivity index (χ1v) is 9.82. The van der Waals surface area contributed by atoms with Crippen molar-refractivity contribution in [2.24, 2.45) is 11.8 Å². The third-order valence-electron chi connectivity index (χ3n) is 6.08. The van der Waals surface area contributed by atoms with Crippen molar-refractivity contribution in [1.29, 1.82) is 0 Å². The zero-order chi connectivity index (χ0) is 14.5. The molecule has 3 rings (SSSR count). The Morgan fingerprint density at radius 2 is 1.71 bits per heavy atom. The van der Waals surface area contributed by atoms with Gasteiger partial charge in [0.15, 0.2) is 0 Å². The summed E-state index contributed by atoms with van der Waals surface area (Å²) in [6.07, 6.45) is 16.1. The highest BCUT2D eigenvalue weighted by molar-refractivity contribution is 4.87. The first-order chi connectivity index (χ1) is 10.3. The lowest BCUT2D eigenvalue weighted by atomic mass is 9.95. The molecule has 21 heavy (non-hydrogen) atoms. The first kappa shape index (κ1) is 15.8. The van der Waals surface area contributed by atoms with Crippen LogP contribution in [0.3, 0.4) is 0 Å². The maximum atomic E-state index is 3.72. The summed E-state index contributed by atoms with van der Waals surface area (Å²) in [5.74, 6) is 2.08. The van der Waals surface area contributed by atoms with Crippen LogP contribution in [0.5, 0.6) is 0 Å². The predicted octanol–water partition coefficient (Wildman–Crippen LogP) is 4.20. The lowest BCUT2D eigenvalue weighted by molar-refractivity contribution is 0.156. The molecule has 1 saturated heterocycles. The molecule has 2 aliphatic carbocycles. The number of hydrogen-bond acceptors (Lipinski definition) is 2. The van der Waals surface area contributed by atoms with Crippen molar-refractivity contribution in [1.82, 2.24) is 10.2 Å². The number of nitrogens with zero attached hydrogens (tertiary/aromatic N) is 1. The van der Waals surface area contributed by atoms with Crippen LogP contribution in [0.1, 0.15) is 77.6 Å². The van der Waals surface area contributed by atoms with Crippen molar-refractivity contribution in [3.8, 4) is 0 Å². The molecule has 0 aromatic carbocycles. The van der Waals surface area contributed by atoms with Gasteiger partial charge in [0.1, 0.15) is 0 Å². The molecule has 1 heterocycles. The maximum absolute atomic E-state index is 3.72. The molecular formula is C19H36N2. The molecule has 0 aromatic rings. The largest absolute Gasteiger partial charge is 0.313 e. The fourth-order valence-electron chi connectivity index (χ4n) is 4.62. The summed E-state index contributed by atoms with van der Waals surface area (Å²) < 4.78 is 0. The quantitative estimate of drug-likeness (QED) is 0.708. The molecule has 1 aliphatic heterocycles. The van der Waals surface area contributed by atoms with Crippen LogP contribution in [0, 0.1) is 11.8 Å². The van der Waals surface area contributed by atoms with Gasteiger partial charge in [-0.3, -0.25) is 4.90 Å². The molecule has 3 aliphatic rings. The molecule has 0 radical (unpaired) electrons. The highest BCUT2D eigenvalue weighted by atomic mass is 15.2. The van der Waals surface area contributed by atoms with Gasteiger partial charge in [0.25, 0.3) is 0 Å². The molecule has 0 aromatic heterocycles. The fraction of sp³-hybridized carbons (Fsp3) is 1.00. The minimum Gasteiger partial charge on any atom is -0.313 e. The molecule has 3 atom stereocenters. The van der Waals surface area contributed by atoms with Gasteiger partial charge < -0.3 is 5.32 Å². The topological polar surface area (TPSA) is 15.3 Å². The predicted molar refractivity (Wildman–Crippen MR) is 90.6 cm³/mol. The van der Waals surface area contributed by atoms with Crippen LogP contribution in [0.2, 0.25) is 0 Å². The van der Waals surface area contributed by atoms with Gasteiger partial charge in [-0.2, -0.15) is 0 Å². The minimum absolute atomic E-state index is 0.790. The van der Waals surface area contributed by atoms with E-state index in [4.69, 9.17) is 0 Å². The van der Waals surface area contributed by atoms with E-state index in [1.807, 2.05) is 0 Å². The van der Waals surface area contributed by atoms with Crippen LogP contribution in [0.25, 0.3) is 0 Å². The molecule has 1 N–H and O–H groups in total. The smallest absolute Gasteiger partial charge is 0.0195 e. The molecule has 3 unspecified atom stereocenters. The van der Waals surface area contributed by atoms with Crippen LogP contribution in [0.15, 0.2) is 0 Å². The van der Waals surface area contributed by atoms with Gasteiger partial charge >= 0.3 is 0 Å². The molecule has 3 fully saturated rings. The Bertz CT molecular complexity index is 294. The third kappa shape index (κ3) is 4.96. The maximum Gasteiger partial charge on any atom is 0.0195 e.